The van der Waals surface area contributed by atoms with E-state index in [0.29, 0.717) is 17.9 Å². The Balaban J connectivity index is 1.47. The number of aromatic nitrogens is 3. The van der Waals surface area contributed by atoms with Gasteiger partial charge in [0.25, 0.3) is 11.8 Å². The fourth-order valence-corrected chi connectivity index (χ4v) is 4.60. The Kier molecular flexibility index (Phi) is 6.99. The summed E-state index contributed by atoms with van der Waals surface area (Å²) in [4.78, 5) is 35.6. The number of nitrogens with one attached hydrogen (secondary N) is 2. The van der Waals surface area contributed by atoms with Crippen molar-refractivity contribution in [3.8, 4) is 0 Å². The Labute approximate surface area is 207 Å². The molecular formula is C24H29N7O3S. The van der Waals surface area contributed by atoms with Gasteiger partial charge < -0.3 is 26.4 Å². The van der Waals surface area contributed by atoms with Crippen molar-refractivity contribution in [2.75, 3.05) is 23.3 Å². The molecule has 1 atom stereocenters. The molecule has 2 amide bonds. The first kappa shape index (κ1) is 24.6. The second-order valence-corrected chi connectivity index (χ2v) is 9.95. The zero-order valence-electron chi connectivity index (χ0n) is 19.9. The van der Waals surface area contributed by atoms with E-state index in [0.717, 1.165) is 35.6 Å². The largest absolute Gasteiger partial charge is 0.386 e. The predicted molar refractivity (Wildman–Crippen MR) is 135 cm³/mol. The quantitative estimate of drug-likeness (QED) is 0.391. The van der Waals surface area contributed by atoms with E-state index < -0.39 is 11.5 Å². The molecule has 2 aromatic heterocycles. The van der Waals surface area contributed by atoms with E-state index >= 15 is 0 Å². The lowest BCUT2D eigenvalue weighted by atomic mass is 9.97. The van der Waals surface area contributed by atoms with Gasteiger partial charge in [0, 0.05) is 24.7 Å². The minimum absolute atomic E-state index is 0.0520. The maximum Gasteiger partial charge on any atom is 0.271 e. The van der Waals surface area contributed by atoms with Crippen LogP contribution < -0.4 is 21.3 Å². The van der Waals surface area contributed by atoms with Crippen LogP contribution in [0.15, 0.2) is 36.5 Å². The number of piperidine rings is 1. The number of benzene rings is 1. The lowest BCUT2D eigenvalue weighted by molar-refractivity contribution is 0.0783. The molecule has 0 aliphatic carbocycles. The SMILES string of the molecule is Cc1cc(Nc2nc(N3CCC[C@@H](NC(=O)c4ccc(C(C)(C)O)cc4)C3)cnc2C(N)=O)sn1. The summed E-state index contributed by atoms with van der Waals surface area (Å²) in [6.07, 6.45) is 3.23. The molecule has 11 heteroatoms. The highest BCUT2D eigenvalue weighted by Gasteiger charge is 2.25. The summed E-state index contributed by atoms with van der Waals surface area (Å²) in [5.41, 5.74) is 6.72. The number of carbonyl (C=O) groups excluding carboxylic acids is 2. The topological polar surface area (TPSA) is 146 Å². The molecule has 184 valence electrons. The van der Waals surface area contributed by atoms with Gasteiger partial charge in [-0.15, -0.1) is 0 Å². The number of nitrogens with two attached hydrogens (primary N) is 1. The van der Waals surface area contributed by atoms with Crippen LogP contribution in [0.25, 0.3) is 0 Å². The van der Waals surface area contributed by atoms with E-state index in [9.17, 15) is 14.7 Å². The van der Waals surface area contributed by atoms with Crippen LogP contribution in [-0.2, 0) is 5.60 Å². The highest BCUT2D eigenvalue weighted by atomic mass is 32.1. The summed E-state index contributed by atoms with van der Waals surface area (Å²) >= 11 is 1.26. The van der Waals surface area contributed by atoms with Crippen LogP contribution in [0, 0.1) is 6.92 Å². The first-order chi connectivity index (χ1) is 16.6. The van der Waals surface area contributed by atoms with Crippen molar-refractivity contribution in [3.05, 3.63) is 59.0 Å². The van der Waals surface area contributed by atoms with Crippen molar-refractivity contribution in [2.45, 2.75) is 45.3 Å². The molecule has 3 aromatic rings. The predicted octanol–water partition coefficient (Wildman–Crippen LogP) is 2.71. The smallest absolute Gasteiger partial charge is 0.271 e. The first-order valence-corrected chi connectivity index (χ1v) is 12.1. The van der Waals surface area contributed by atoms with Crippen molar-refractivity contribution in [1.29, 1.82) is 0 Å². The molecule has 5 N–H and O–H groups in total. The zero-order valence-corrected chi connectivity index (χ0v) is 20.7. The fourth-order valence-electron chi connectivity index (χ4n) is 3.94. The van der Waals surface area contributed by atoms with Gasteiger partial charge >= 0.3 is 0 Å². The van der Waals surface area contributed by atoms with E-state index in [4.69, 9.17) is 5.73 Å². The average Bonchev–Trinajstić information content (AvgIpc) is 3.23. The van der Waals surface area contributed by atoms with Gasteiger partial charge in [0.2, 0.25) is 0 Å². The number of anilines is 3. The van der Waals surface area contributed by atoms with E-state index in [1.165, 1.54) is 17.7 Å². The summed E-state index contributed by atoms with van der Waals surface area (Å²) in [5, 5.41) is 17.0. The van der Waals surface area contributed by atoms with Gasteiger partial charge in [0.15, 0.2) is 11.5 Å². The third-order valence-corrected chi connectivity index (χ3v) is 6.59. The van der Waals surface area contributed by atoms with Crippen molar-refractivity contribution >= 4 is 40.0 Å². The number of nitrogens with zero attached hydrogens (tertiary/aromatic N) is 4. The highest BCUT2D eigenvalue weighted by Crippen LogP contribution is 2.26. The second-order valence-electron chi connectivity index (χ2n) is 9.14. The van der Waals surface area contributed by atoms with Gasteiger partial charge in [0.1, 0.15) is 10.8 Å². The van der Waals surface area contributed by atoms with Gasteiger partial charge in [-0.25, -0.2) is 9.97 Å². The minimum Gasteiger partial charge on any atom is -0.386 e. The lowest BCUT2D eigenvalue weighted by Gasteiger charge is -2.34. The van der Waals surface area contributed by atoms with E-state index in [2.05, 4.69) is 25.0 Å². The number of aryl methyl sites for hydroxylation is 1. The monoisotopic (exact) mass is 495 g/mol. The van der Waals surface area contributed by atoms with Crippen molar-refractivity contribution in [1.82, 2.24) is 19.7 Å². The van der Waals surface area contributed by atoms with Gasteiger partial charge in [-0.2, -0.15) is 4.37 Å². The number of hydrogen-bond acceptors (Lipinski definition) is 9. The zero-order chi connectivity index (χ0) is 25.2. The number of hydrogen-bond donors (Lipinski definition) is 4. The Morgan fingerprint density at radius 2 is 2.00 bits per heavy atom. The van der Waals surface area contributed by atoms with Crippen LogP contribution in [-0.4, -0.2) is 50.4 Å². The molecule has 0 saturated carbocycles. The Morgan fingerprint density at radius 3 is 2.63 bits per heavy atom. The van der Waals surface area contributed by atoms with Crippen LogP contribution in [0.1, 0.15) is 58.8 Å². The van der Waals surface area contributed by atoms with Crippen LogP contribution in [0.2, 0.25) is 0 Å². The van der Waals surface area contributed by atoms with E-state index in [1.54, 1.807) is 38.1 Å². The van der Waals surface area contributed by atoms with Gasteiger partial charge in [0.05, 0.1) is 17.5 Å². The Hall–Kier alpha value is -3.57. The number of rotatable bonds is 7. The molecule has 1 aromatic carbocycles. The standard InChI is InChI=1S/C24H29N7O3S/c1-14-11-19(35-30-14)29-22-20(21(25)32)26-12-18(28-22)31-10-4-5-17(13-31)27-23(33)15-6-8-16(9-7-15)24(2,3)34/h6-9,11-12,17,34H,4-5,10,13H2,1-3H3,(H2,25,32)(H,27,33)(H,28,29)/t17-/m1/s1. The molecule has 4 rings (SSSR count). The lowest BCUT2D eigenvalue weighted by Crippen LogP contribution is -2.48. The average molecular weight is 496 g/mol. The molecule has 1 aliphatic heterocycles. The second kappa shape index (κ2) is 9.96. The molecule has 1 fully saturated rings. The number of amides is 2. The Morgan fingerprint density at radius 1 is 1.26 bits per heavy atom. The molecule has 1 aliphatic rings. The molecule has 0 radical (unpaired) electrons. The van der Waals surface area contributed by atoms with E-state index in [-0.39, 0.29) is 23.5 Å². The third-order valence-electron chi connectivity index (χ3n) is 5.80. The number of primary amides is 1. The molecule has 0 spiro atoms. The molecule has 0 bridgehead atoms. The van der Waals surface area contributed by atoms with Crippen molar-refractivity contribution in [2.24, 2.45) is 5.73 Å². The molecular weight excluding hydrogens is 466 g/mol. The third kappa shape index (κ3) is 5.92. The maximum absolute atomic E-state index is 12.8. The van der Waals surface area contributed by atoms with Gasteiger partial charge in [-0.1, -0.05) is 12.1 Å². The molecule has 10 nitrogen and oxygen atoms in total. The summed E-state index contributed by atoms with van der Waals surface area (Å²) in [7, 11) is 0. The minimum atomic E-state index is -0.962. The van der Waals surface area contributed by atoms with Crippen LogP contribution in [0.3, 0.4) is 0 Å². The molecule has 0 unspecified atom stereocenters. The van der Waals surface area contributed by atoms with Crippen molar-refractivity contribution < 1.29 is 14.7 Å². The number of carbonyl (C=O) groups is 2. The van der Waals surface area contributed by atoms with E-state index in [1.807, 2.05) is 17.9 Å². The Bertz CT molecular complexity index is 1220. The summed E-state index contributed by atoms with van der Waals surface area (Å²) < 4.78 is 4.23. The molecule has 1 saturated heterocycles. The van der Waals surface area contributed by atoms with Gasteiger partial charge in [-0.3, -0.25) is 9.59 Å². The summed E-state index contributed by atoms with van der Waals surface area (Å²) in [5.74, 6) is 0.0216. The fraction of sp³-hybridized carbons (Fsp3) is 0.375. The highest BCUT2D eigenvalue weighted by molar-refractivity contribution is 7.10. The summed E-state index contributed by atoms with van der Waals surface area (Å²) in [6, 6.07) is 8.73. The first-order valence-electron chi connectivity index (χ1n) is 11.4. The van der Waals surface area contributed by atoms with Crippen LogP contribution >= 0.6 is 11.5 Å². The molecule has 3 heterocycles. The van der Waals surface area contributed by atoms with Crippen LogP contribution in [0.5, 0.6) is 0 Å². The maximum atomic E-state index is 12.8. The summed E-state index contributed by atoms with van der Waals surface area (Å²) in [6.45, 7) is 6.59. The van der Waals surface area contributed by atoms with Crippen LogP contribution in [0.4, 0.5) is 16.6 Å². The normalized spacial score (nSPS) is 16.1. The van der Waals surface area contributed by atoms with Gasteiger partial charge in [-0.05, 0) is 68.9 Å². The molecule has 35 heavy (non-hydrogen) atoms. The van der Waals surface area contributed by atoms with Crippen molar-refractivity contribution in [3.63, 3.8) is 0 Å². The number of aliphatic hydroxyl groups is 1.